The first kappa shape index (κ1) is 19.8. The van der Waals surface area contributed by atoms with Crippen LogP contribution in [0.5, 0.6) is 5.75 Å². The van der Waals surface area contributed by atoms with E-state index in [4.69, 9.17) is 4.74 Å². The summed E-state index contributed by atoms with van der Waals surface area (Å²) >= 11 is 0. The van der Waals surface area contributed by atoms with E-state index in [-0.39, 0.29) is 10.7 Å². The van der Waals surface area contributed by atoms with Crippen molar-refractivity contribution in [1.29, 1.82) is 0 Å². The van der Waals surface area contributed by atoms with Gasteiger partial charge in [0.15, 0.2) is 5.78 Å². The molecule has 6 heteroatoms. The Morgan fingerprint density at radius 2 is 1.68 bits per heavy atom. The number of carbonyl (C=O) groups is 1. The molecule has 0 saturated carbocycles. The Balaban J connectivity index is 1.85. The Bertz CT molecular complexity index is 1160. The zero-order chi connectivity index (χ0) is 20.3. The van der Waals surface area contributed by atoms with E-state index in [1.165, 1.54) is 32.3 Å². The second-order valence-corrected chi connectivity index (χ2v) is 8.64. The molecule has 0 aliphatic carbocycles. The van der Waals surface area contributed by atoms with Crippen LogP contribution in [0, 0.1) is 0 Å². The van der Waals surface area contributed by atoms with Gasteiger partial charge in [-0.05, 0) is 52.7 Å². The molecule has 0 spiro atoms. The molecule has 0 atom stereocenters. The Kier molecular flexibility index (Phi) is 5.63. The van der Waals surface area contributed by atoms with Crippen molar-refractivity contribution in [2.24, 2.45) is 0 Å². The quantitative estimate of drug-likeness (QED) is 0.468. The van der Waals surface area contributed by atoms with Crippen LogP contribution in [0.25, 0.3) is 16.8 Å². The van der Waals surface area contributed by atoms with Crippen LogP contribution in [0.1, 0.15) is 15.9 Å². The SMILES string of the molecule is COc1ccc2cc(/C=C/C(=O)c3cccc(S(=O)(=O)N(C)C)c3)ccc2c1. The highest BCUT2D eigenvalue weighted by Gasteiger charge is 2.18. The molecule has 0 aliphatic rings. The number of rotatable bonds is 6. The fourth-order valence-electron chi connectivity index (χ4n) is 2.76. The maximum absolute atomic E-state index is 12.5. The van der Waals surface area contributed by atoms with Crippen LogP contribution in [-0.2, 0) is 10.0 Å². The van der Waals surface area contributed by atoms with Crippen LogP contribution in [0.15, 0.2) is 71.6 Å². The molecule has 28 heavy (non-hydrogen) atoms. The van der Waals surface area contributed by atoms with Gasteiger partial charge in [0.2, 0.25) is 10.0 Å². The third-order valence-electron chi connectivity index (χ3n) is 4.40. The molecule has 0 fully saturated rings. The van der Waals surface area contributed by atoms with Gasteiger partial charge in [0.05, 0.1) is 12.0 Å². The number of nitrogens with zero attached hydrogens (tertiary/aromatic N) is 1. The van der Waals surface area contributed by atoms with Crippen molar-refractivity contribution in [3.05, 3.63) is 77.9 Å². The molecular weight excluding hydrogens is 374 g/mol. The predicted octanol–water partition coefficient (Wildman–Crippen LogP) is 3.99. The minimum Gasteiger partial charge on any atom is -0.497 e. The summed E-state index contributed by atoms with van der Waals surface area (Å²) in [7, 11) is 0.959. The van der Waals surface area contributed by atoms with Gasteiger partial charge in [0.25, 0.3) is 0 Å². The number of benzene rings is 3. The van der Waals surface area contributed by atoms with E-state index < -0.39 is 10.0 Å². The van der Waals surface area contributed by atoms with Crippen molar-refractivity contribution < 1.29 is 17.9 Å². The van der Waals surface area contributed by atoms with Gasteiger partial charge in [0.1, 0.15) is 5.75 Å². The summed E-state index contributed by atoms with van der Waals surface area (Å²) in [6.07, 6.45) is 3.17. The Hall–Kier alpha value is -2.96. The van der Waals surface area contributed by atoms with Crippen LogP contribution in [0.4, 0.5) is 0 Å². The minimum atomic E-state index is -3.58. The van der Waals surface area contributed by atoms with E-state index in [1.54, 1.807) is 25.3 Å². The maximum atomic E-state index is 12.5. The maximum Gasteiger partial charge on any atom is 0.242 e. The van der Waals surface area contributed by atoms with Gasteiger partial charge in [-0.25, -0.2) is 12.7 Å². The number of hydrogen-bond donors (Lipinski definition) is 0. The molecule has 3 rings (SSSR count). The first-order valence-corrected chi connectivity index (χ1v) is 10.1. The number of sulfonamides is 1. The molecule has 0 aromatic heterocycles. The van der Waals surface area contributed by atoms with Gasteiger partial charge < -0.3 is 4.74 Å². The molecule has 0 unspecified atom stereocenters. The monoisotopic (exact) mass is 395 g/mol. The molecule has 0 N–H and O–H groups in total. The summed E-state index contributed by atoms with van der Waals surface area (Å²) in [5.41, 5.74) is 1.20. The summed E-state index contributed by atoms with van der Waals surface area (Å²) in [6, 6.07) is 17.7. The van der Waals surface area contributed by atoms with Gasteiger partial charge in [-0.15, -0.1) is 0 Å². The van der Waals surface area contributed by atoms with Crippen molar-refractivity contribution in [2.45, 2.75) is 4.90 Å². The molecule has 0 saturated heterocycles. The van der Waals surface area contributed by atoms with E-state index in [2.05, 4.69) is 0 Å². The summed E-state index contributed by atoms with van der Waals surface area (Å²) in [5, 5.41) is 2.08. The second kappa shape index (κ2) is 7.96. The van der Waals surface area contributed by atoms with Crippen molar-refractivity contribution in [3.63, 3.8) is 0 Å². The molecule has 3 aromatic carbocycles. The first-order valence-electron chi connectivity index (χ1n) is 8.64. The number of ketones is 1. The van der Waals surface area contributed by atoms with Crippen LogP contribution < -0.4 is 4.74 Å². The molecule has 144 valence electrons. The standard InChI is InChI=1S/C22H21NO4S/c1-23(2)28(25,26)21-6-4-5-19(15-21)22(24)12-8-16-7-9-18-14-20(27-3)11-10-17(18)13-16/h4-15H,1-3H3/b12-8+. The third kappa shape index (κ3) is 4.13. The van der Waals surface area contributed by atoms with Crippen molar-refractivity contribution >= 4 is 32.7 Å². The lowest BCUT2D eigenvalue weighted by molar-refractivity contribution is 0.104. The number of hydrogen-bond acceptors (Lipinski definition) is 4. The van der Waals surface area contributed by atoms with Gasteiger partial charge in [0, 0.05) is 19.7 Å². The summed E-state index contributed by atoms with van der Waals surface area (Å²) in [4.78, 5) is 12.6. The highest BCUT2D eigenvalue weighted by Crippen LogP contribution is 2.22. The molecule has 0 aliphatic heterocycles. The largest absolute Gasteiger partial charge is 0.497 e. The fraction of sp³-hybridized carbons (Fsp3) is 0.136. The average Bonchev–Trinajstić information content (AvgIpc) is 2.71. The zero-order valence-electron chi connectivity index (χ0n) is 15.9. The molecule has 0 radical (unpaired) electrons. The number of methoxy groups -OCH3 is 1. The molecule has 0 bridgehead atoms. The third-order valence-corrected chi connectivity index (χ3v) is 6.21. The molecule has 5 nitrogen and oxygen atoms in total. The first-order chi connectivity index (χ1) is 13.3. The fourth-order valence-corrected chi connectivity index (χ4v) is 3.71. The topological polar surface area (TPSA) is 63.7 Å². The van der Waals surface area contributed by atoms with Crippen LogP contribution in [0.2, 0.25) is 0 Å². The Labute approximate surface area is 164 Å². The van der Waals surface area contributed by atoms with Crippen LogP contribution in [-0.4, -0.2) is 39.7 Å². The predicted molar refractivity (Wildman–Crippen MR) is 111 cm³/mol. The summed E-state index contributed by atoms with van der Waals surface area (Å²) < 4.78 is 30.8. The van der Waals surface area contributed by atoms with E-state index in [0.717, 1.165) is 26.4 Å². The van der Waals surface area contributed by atoms with Gasteiger partial charge in [-0.1, -0.05) is 36.4 Å². The van der Waals surface area contributed by atoms with Gasteiger partial charge >= 0.3 is 0 Å². The number of ether oxygens (including phenoxy) is 1. The van der Waals surface area contributed by atoms with E-state index in [1.807, 2.05) is 36.4 Å². The molecule has 0 amide bonds. The smallest absolute Gasteiger partial charge is 0.242 e. The highest BCUT2D eigenvalue weighted by molar-refractivity contribution is 7.89. The van der Waals surface area contributed by atoms with Gasteiger partial charge in [-0.3, -0.25) is 4.79 Å². The van der Waals surface area contributed by atoms with Crippen molar-refractivity contribution in [3.8, 4) is 5.75 Å². The Morgan fingerprint density at radius 3 is 2.39 bits per heavy atom. The van der Waals surface area contributed by atoms with E-state index in [0.29, 0.717) is 5.56 Å². The molecular formula is C22H21NO4S. The minimum absolute atomic E-state index is 0.0939. The van der Waals surface area contributed by atoms with Crippen LogP contribution in [0.3, 0.4) is 0 Å². The molecule has 3 aromatic rings. The zero-order valence-corrected chi connectivity index (χ0v) is 16.7. The number of fused-ring (bicyclic) bond motifs is 1. The summed E-state index contributed by atoms with van der Waals surface area (Å²) in [6.45, 7) is 0. The highest BCUT2D eigenvalue weighted by atomic mass is 32.2. The lowest BCUT2D eigenvalue weighted by atomic mass is 10.1. The number of allylic oxidation sites excluding steroid dienone is 1. The number of carbonyl (C=O) groups excluding carboxylic acids is 1. The van der Waals surface area contributed by atoms with Crippen LogP contribution >= 0.6 is 0 Å². The van der Waals surface area contributed by atoms with E-state index in [9.17, 15) is 13.2 Å². The lowest BCUT2D eigenvalue weighted by Gasteiger charge is -2.11. The Morgan fingerprint density at radius 1 is 0.964 bits per heavy atom. The van der Waals surface area contributed by atoms with E-state index >= 15 is 0 Å². The van der Waals surface area contributed by atoms with Crippen molar-refractivity contribution in [2.75, 3.05) is 21.2 Å². The molecule has 0 heterocycles. The average molecular weight is 395 g/mol. The van der Waals surface area contributed by atoms with Gasteiger partial charge in [-0.2, -0.15) is 0 Å². The lowest BCUT2D eigenvalue weighted by Crippen LogP contribution is -2.22. The van der Waals surface area contributed by atoms with Crippen molar-refractivity contribution in [1.82, 2.24) is 4.31 Å². The second-order valence-electron chi connectivity index (χ2n) is 6.49. The normalized spacial score (nSPS) is 12.0. The summed E-state index contributed by atoms with van der Waals surface area (Å²) in [5.74, 6) is 0.532.